The van der Waals surface area contributed by atoms with Crippen molar-refractivity contribution in [3.63, 3.8) is 0 Å². The van der Waals surface area contributed by atoms with Gasteiger partial charge in [-0.3, -0.25) is 9.59 Å². The second-order valence-corrected chi connectivity index (χ2v) is 10.2. The molecule has 1 fully saturated rings. The number of nitrogens with one attached hydrogen (secondary N) is 1. The number of allylic oxidation sites excluding steroid dienone is 7. The number of H-pyrrole nitrogens is 1. The van der Waals surface area contributed by atoms with E-state index in [0.29, 0.717) is 25.4 Å². The van der Waals surface area contributed by atoms with Crippen molar-refractivity contribution in [3.8, 4) is 6.07 Å². The van der Waals surface area contributed by atoms with Crippen LogP contribution in [0.1, 0.15) is 63.2 Å². The molecule has 1 N–H and O–H groups in total. The van der Waals surface area contributed by atoms with Gasteiger partial charge >= 0.3 is 0 Å². The molecule has 4 aliphatic rings. The molecule has 1 saturated heterocycles. The van der Waals surface area contributed by atoms with Crippen LogP contribution in [0.5, 0.6) is 0 Å². The maximum Gasteiger partial charge on any atom is 0.229 e. The Hall–Kier alpha value is -3.40. The van der Waals surface area contributed by atoms with Gasteiger partial charge in [0.2, 0.25) is 11.8 Å². The number of hydrogen-bond donors (Lipinski definition) is 1. The molecule has 0 aromatic carbocycles. The summed E-state index contributed by atoms with van der Waals surface area (Å²) in [7, 11) is 0. The molecule has 7 heteroatoms. The number of rotatable bonds is 3. The highest BCUT2D eigenvalue weighted by atomic mass is 16.2. The number of likely N-dealkylation sites (tertiary alicyclic amines) is 1. The molecule has 3 heterocycles. The number of nitrogens with zero attached hydrogens (tertiary/aromatic N) is 4. The third-order valence-electron chi connectivity index (χ3n) is 8.02. The summed E-state index contributed by atoms with van der Waals surface area (Å²) < 4.78 is 0. The van der Waals surface area contributed by atoms with Gasteiger partial charge in [0, 0.05) is 38.6 Å². The van der Waals surface area contributed by atoms with Crippen molar-refractivity contribution >= 4 is 17.4 Å². The molecule has 5 rings (SSSR count). The Morgan fingerprint density at radius 3 is 2.60 bits per heavy atom. The van der Waals surface area contributed by atoms with Crippen LogP contribution < -0.4 is 0 Å². The summed E-state index contributed by atoms with van der Waals surface area (Å²) in [6.07, 6.45) is 13.4. The summed E-state index contributed by atoms with van der Waals surface area (Å²) in [4.78, 5) is 37.4. The summed E-state index contributed by atoms with van der Waals surface area (Å²) in [6.45, 7) is 6.52. The Kier molecular flexibility index (Phi) is 6.46. The first kappa shape index (κ1) is 23.3. The van der Waals surface area contributed by atoms with Crippen molar-refractivity contribution in [2.75, 3.05) is 19.6 Å². The third-order valence-corrected chi connectivity index (χ3v) is 8.02. The second kappa shape index (κ2) is 9.69. The number of fused-ring (bicyclic) bond motifs is 1. The van der Waals surface area contributed by atoms with Gasteiger partial charge in [-0.15, -0.1) is 0 Å². The van der Waals surface area contributed by atoms with E-state index in [0.717, 1.165) is 79.1 Å². The predicted molar refractivity (Wildman–Crippen MR) is 134 cm³/mol. The number of piperidine rings is 1. The predicted octanol–water partition coefficient (Wildman–Crippen LogP) is 4.07. The third kappa shape index (κ3) is 4.75. The van der Waals surface area contributed by atoms with Crippen LogP contribution in [0.3, 0.4) is 0 Å². The van der Waals surface area contributed by atoms with Gasteiger partial charge in [0.15, 0.2) is 0 Å². The van der Waals surface area contributed by atoms with E-state index in [4.69, 9.17) is 10.2 Å². The molecule has 0 bridgehead atoms. The van der Waals surface area contributed by atoms with Crippen LogP contribution in [-0.2, 0) is 22.6 Å². The summed E-state index contributed by atoms with van der Waals surface area (Å²) in [6, 6.07) is 2.26. The van der Waals surface area contributed by atoms with Crippen molar-refractivity contribution < 1.29 is 9.59 Å². The van der Waals surface area contributed by atoms with E-state index in [1.165, 1.54) is 5.57 Å². The lowest BCUT2D eigenvalue weighted by atomic mass is 9.83. The van der Waals surface area contributed by atoms with Crippen LogP contribution in [0.2, 0.25) is 0 Å². The quantitative estimate of drug-likeness (QED) is 0.719. The van der Waals surface area contributed by atoms with Crippen LogP contribution in [0, 0.1) is 23.2 Å². The number of carbonyl (C=O) groups excluding carboxylic acids is 2. The average Bonchev–Trinajstić information content (AvgIpc) is 3.32. The lowest BCUT2D eigenvalue weighted by Gasteiger charge is -2.36. The largest absolute Gasteiger partial charge is 0.342 e. The van der Waals surface area contributed by atoms with E-state index in [1.807, 2.05) is 22.0 Å². The summed E-state index contributed by atoms with van der Waals surface area (Å²) in [5, 5.41) is 9.07. The normalized spacial score (nSPS) is 22.9. The molecule has 0 spiro atoms. The van der Waals surface area contributed by atoms with Crippen molar-refractivity contribution in [1.29, 1.82) is 5.26 Å². The molecule has 1 aromatic heterocycles. The van der Waals surface area contributed by atoms with Crippen LogP contribution in [-0.4, -0.2) is 51.2 Å². The van der Waals surface area contributed by atoms with Crippen LogP contribution >= 0.6 is 0 Å². The fourth-order valence-electron chi connectivity index (χ4n) is 5.76. The minimum atomic E-state index is -0.170. The summed E-state index contributed by atoms with van der Waals surface area (Å²) in [5.41, 5.74) is 6.56. The summed E-state index contributed by atoms with van der Waals surface area (Å²) >= 11 is 0. The van der Waals surface area contributed by atoms with E-state index in [-0.39, 0.29) is 17.7 Å². The van der Waals surface area contributed by atoms with Gasteiger partial charge in [-0.05, 0) is 62.2 Å². The molecular formula is C28H33N5O2. The molecule has 2 aliphatic carbocycles. The van der Waals surface area contributed by atoms with Gasteiger partial charge in [0.25, 0.3) is 0 Å². The van der Waals surface area contributed by atoms with Crippen molar-refractivity contribution in [3.05, 3.63) is 58.2 Å². The Bertz CT molecular complexity index is 1200. The van der Waals surface area contributed by atoms with Crippen molar-refractivity contribution in [1.82, 2.24) is 19.8 Å². The van der Waals surface area contributed by atoms with E-state index in [2.05, 4.69) is 30.1 Å². The fourth-order valence-corrected chi connectivity index (χ4v) is 5.76. The number of aromatic nitrogens is 2. The fraction of sp³-hybridized carbons (Fsp3) is 0.500. The highest BCUT2D eigenvalue weighted by Crippen LogP contribution is 2.35. The monoisotopic (exact) mass is 471 g/mol. The smallest absolute Gasteiger partial charge is 0.229 e. The molecule has 1 atom stereocenters. The Balaban J connectivity index is 1.22. The molecule has 2 aliphatic heterocycles. The van der Waals surface area contributed by atoms with Crippen molar-refractivity contribution in [2.45, 2.75) is 58.9 Å². The lowest BCUT2D eigenvalue weighted by Crippen LogP contribution is -2.42. The zero-order valence-corrected chi connectivity index (χ0v) is 20.6. The minimum absolute atomic E-state index is 0.0837. The topological polar surface area (TPSA) is 93.1 Å². The van der Waals surface area contributed by atoms with E-state index in [9.17, 15) is 9.59 Å². The van der Waals surface area contributed by atoms with Gasteiger partial charge in [-0.2, -0.15) is 5.26 Å². The van der Waals surface area contributed by atoms with Gasteiger partial charge in [0.05, 0.1) is 29.9 Å². The van der Waals surface area contributed by atoms with E-state index >= 15 is 0 Å². The number of imidazole rings is 1. The molecule has 7 nitrogen and oxygen atoms in total. The van der Waals surface area contributed by atoms with E-state index < -0.39 is 0 Å². The highest BCUT2D eigenvalue weighted by molar-refractivity contribution is 5.85. The Labute approximate surface area is 206 Å². The Morgan fingerprint density at radius 2 is 1.91 bits per heavy atom. The number of amides is 2. The number of carbonyl (C=O) groups is 2. The van der Waals surface area contributed by atoms with Crippen LogP contribution in [0.4, 0.5) is 0 Å². The zero-order valence-electron chi connectivity index (χ0n) is 20.6. The molecular weight excluding hydrogens is 438 g/mol. The molecule has 0 saturated carbocycles. The minimum Gasteiger partial charge on any atom is -0.342 e. The first-order valence-corrected chi connectivity index (χ1v) is 12.7. The van der Waals surface area contributed by atoms with Crippen molar-refractivity contribution in [2.24, 2.45) is 11.8 Å². The number of nitriles is 1. The average molecular weight is 472 g/mol. The number of aromatic amines is 1. The first-order valence-electron chi connectivity index (χ1n) is 12.7. The molecule has 0 radical (unpaired) electrons. The molecule has 0 unspecified atom stereocenters. The van der Waals surface area contributed by atoms with Crippen LogP contribution in [0.25, 0.3) is 5.57 Å². The molecule has 2 amide bonds. The lowest BCUT2D eigenvalue weighted by molar-refractivity contribution is -0.135. The van der Waals surface area contributed by atoms with Crippen LogP contribution in [0.15, 0.2) is 41.0 Å². The van der Waals surface area contributed by atoms with Gasteiger partial charge in [-0.1, -0.05) is 23.8 Å². The Morgan fingerprint density at radius 1 is 1.11 bits per heavy atom. The molecule has 182 valence electrons. The number of hydrogen-bond acceptors (Lipinski definition) is 4. The standard InChI is InChI=1S/C28H33N5O2/c1-18-3-6-23(15-24(18)27-30-25-11-14-33(19(2)34)17-26(25)31-27)28(35)32-12-9-22(10-13-32)21-7-4-20(16-29)5-8-21/h3-4,6-7,22-23H,5,8-15,17H2,1-2H3,(H,30,31)/t23-/m0/s1. The zero-order chi connectivity index (χ0) is 24.5. The van der Waals surface area contributed by atoms with E-state index in [1.54, 1.807) is 6.92 Å². The van der Waals surface area contributed by atoms with Gasteiger partial charge < -0.3 is 14.8 Å². The first-order chi connectivity index (χ1) is 16.9. The van der Waals surface area contributed by atoms with Gasteiger partial charge in [0.1, 0.15) is 5.82 Å². The van der Waals surface area contributed by atoms with Gasteiger partial charge in [-0.25, -0.2) is 4.98 Å². The maximum atomic E-state index is 13.4. The SMILES string of the molecule is CC(=O)N1CCc2nc(C3=C(C)C=C[C@H](C(=O)N4CCC(C5=CC=C(C#N)CC5)CC4)C3)[nH]c2C1. The highest BCUT2D eigenvalue weighted by Gasteiger charge is 2.32. The molecule has 35 heavy (non-hydrogen) atoms. The molecule has 1 aromatic rings. The summed E-state index contributed by atoms with van der Waals surface area (Å²) in [5.74, 6) is 1.47. The second-order valence-electron chi connectivity index (χ2n) is 10.2. The maximum absolute atomic E-state index is 13.4.